The van der Waals surface area contributed by atoms with Gasteiger partial charge < -0.3 is 5.32 Å². The van der Waals surface area contributed by atoms with E-state index in [0.717, 1.165) is 6.42 Å². The van der Waals surface area contributed by atoms with Crippen LogP contribution in [-0.4, -0.2) is 36.6 Å². The number of nitrogens with zero attached hydrogens (tertiary/aromatic N) is 2. The maximum Gasteiger partial charge on any atom is 0.271 e. The van der Waals surface area contributed by atoms with Crippen molar-refractivity contribution in [2.45, 2.75) is 32.1 Å². The Hall–Kier alpha value is -2.78. The summed E-state index contributed by atoms with van der Waals surface area (Å²) >= 11 is 0. The van der Waals surface area contributed by atoms with Gasteiger partial charge in [-0.3, -0.25) is 14.9 Å². The first-order valence-corrected chi connectivity index (χ1v) is 11.2. The SMILES string of the molecule is Cc1ccc(C(=O)Nc2cccc([N+](=O)[O-])c2)cc1S(=O)(=O)N1C[C@H](C)C[C@@H](C)C1. The minimum atomic E-state index is -3.74. The molecule has 0 bridgehead atoms. The predicted octanol–water partition coefficient (Wildman–Crippen LogP) is 3.82. The van der Waals surface area contributed by atoms with E-state index < -0.39 is 20.9 Å². The minimum Gasteiger partial charge on any atom is -0.322 e. The van der Waals surface area contributed by atoms with Crippen molar-refractivity contribution in [2.75, 3.05) is 18.4 Å². The van der Waals surface area contributed by atoms with Crippen molar-refractivity contribution < 1.29 is 18.1 Å². The standard InChI is InChI=1S/C21H25N3O5S/c1-14-9-15(2)13-23(12-14)30(28,29)20-10-17(8-7-16(20)3)21(25)22-18-5-4-6-19(11-18)24(26)27/h4-8,10-11,14-15H,9,12-13H2,1-3H3,(H,22,25)/t14-,15-/m1/s1. The molecule has 0 unspecified atom stereocenters. The molecule has 0 spiro atoms. The molecule has 0 aliphatic carbocycles. The third kappa shape index (κ3) is 4.68. The highest BCUT2D eigenvalue weighted by Gasteiger charge is 2.33. The topological polar surface area (TPSA) is 110 Å². The van der Waals surface area contributed by atoms with Crippen LogP contribution in [0.3, 0.4) is 0 Å². The first-order chi connectivity index (χ1) is 14.1. The second-order valence-electron chi connectivity index (χ2n) is 8.01. The van der Waals surface area contributed by atoms with Gasteiger partial charge in [-0.1, -0.05) is 26.0 Å². The number of anilines is 1. The Morgan fingerprint density at radius 3 is 2.43 bits per heavy atom. The number of hydrogen-bond acceptors (Lipinski definition) is 5. The largest absolute Gasteiger partial charge is 0.322 e. The fraction of sp³-hybridized carbons (Fsp3) is 0.381. The zero-order chi connectivity index (χ0) is 22.1. The fourth-order valence-corrected chi connectivity index (χ4v) is 5.79. The Morgan fingerprint density at radius 1 is 1.13 bits per heavy atom. The molecule has 160 valence electrons. The van der Waals surface area contributed by atoms with Crippen LogP contribution in [-0.2, 0) is 10.0 Å². The lowest BCUT2D eigenvalue weighted by atomic mass is 9.94. The number of piperidine rings is 1. The highest BCUT2D eigenvalue weighted by molar-refractivity contribution is 7.89. The maximum absolute atomic E-state index is 13.3. The van der Waals surface area contributed by atoms with Crippen LogP contribution in [0.1, 0.15) is 36.2 Å². The van der Waals surface area contributed by atoms with E-state index >= 15 is 0 Å². The molecular formula is C21H25N3O5S. The lowest BCUT2D eigenvalue weighted by molar-refractivity contribution is -0.384. The molecule has 0 saturated carbocycles. The van der Waals surface area contributed by atoms with Gasteiger partial charge in [0.2, 0.25) is 10.0 Å². The van der Waals surface area contributed by atoms with Crippen LogP contribution < -0.4 is 5.32 Å². The Kier molecular flexibility index (Phi) is 6.23. The Morgan fingerprint density at radius 2 is 1.80 bits per heavy atom. The average molecular weight is 432 g/mol. The van der Waals surface area contributed by atoms with Gasteiger partial charge in [-0.05, 0) is 48.9 Å². The summed E-state index contributed by atoms with van der Waals surface area (Å²) in [7, 11) is -3.74. The molecule has 3 rings (SSSR count). The minimum absolute atomic E-state index is 0.107. The highest BCUT2D eigenvalue weighted by Crippen LogP contribution is 2.29. The average Bonchev–Trinajstić information content (AvgIpc) is 2.67. The number of sulfonamides is 1. The van der Waals surface area contributed by atoms with E-state index in [1.54, 1.807) is 19.1 Å². The lowest BCUT2D eigenvalue weighted by Crippen LogP contribution is -2.42. The third-order valence-corrected chi connectivity index (χ3v) is 7.19. The Balaban J connectivity index is 1.88. The molecule has 1 amide bonds. The van der Waals surface area contributed by atoms with Crippen LogP contribution >= 0.6 is 0 Å². The Bertz CT molecular complexity index is 1070. The number of benzene rings is 2. The summed E-state index contributed by atoms with van der Waals surface area (Å²) in [5.41, 5.74) is 0.850. The van der Waals surface area contributed by atoms with Crippen LogP contribution in [0.5, 0.6) is 0 Å². The number of hydrogen-bond donors (Lipinski definition) is 1. The third-order valence-electron chi connectivity index (χ3n) is 5.22. The monoisotopic (exact) mass is 431 g/mol. The van der Waals surface area contributed by atoms with Crippen molar-refractivity contribution in [3.8, 4) is 0 Å². The van der Waals surface area contributed by atoms with Gasteiger partial charge in [0.1, 0.15) is 0 Å². The van der Waals surface area contributed by atoms with Crippen molar-refractivity contribution in [1.29, 1.82) is 0 Å². The summed E-state index contributed by atoms with van der Waals surface area (Å²) in [6, 6.07) is 10.1. The molecule has 1 heterocycles. The van der Waals surface area contributed by atoms with Crippen molar-refractivity contribution in [1.82, 2.24) is 4.31 Å². The zero-order valence-electron chi connectivity index (χ0n) is 17.2. The number of aryl methyl sites for hydroxylation is 1. The van der Waals surface area contributed by atoms with E-state index in [1.165, 1.54) is 34.6 Å². The van der Waals surface area contributed by atoms with Crippen molar-refractivity contribution in [3.63, 3.8) is 0 Å². The van der Waals surface area contributed by atoms with Gasteiger partial charge in [0.15, 0.2) is 0 Å². The van der Waals surface area contributed by atoms with Crippen LogP contribution in [0.25, 0.3) is 0 Å². The number of non-ortho nitro benzene ring substituents is 1. The first kappa shape index (κ1) is 21.9. The molecule has 30 heavy (non-hydrogen) atoms. The van der Waals surface area contributed by atoms with Crippen LogP contribution in [0.15, 0.2) is 47.4 Å². The summed E-state index contributed by atoms with van der Waals surface area (Å²) in [6.45, 7) is 6.68. The number of amides is 1. The quantitative estimate of drug-likeness (QED) is 0.572. The van der Waals surface area contributed by atoms with Gasteiger partial charge in [0.05, 0.1) is 9.82 Å². The van der Waals surface area contributed by atoms with Crippen molar-refractivity contribution in [2.24, 2.45) is 11.8 Å². The van der Waals surface area contributed by atoms with Gasteiger partial charge in [-0.2, -0.15) is 4.31 Å². The van der Waals surface area contributed by atoms with E-state index in [2.05, 4.69) is 5.32 Å². The smallest absolute Gasteiger partial charge is 0.271 e. The molecule has 2 aromatic carbocycles. The molecule has 9 heteroatoms. The van der Waals surface area contributed by atoms with Crippen LogP contribution in [0.2, 0.25) is 0 Å². The molecule has 1 aliphatic rings. The van der Waals surface area contributed by atoms with Gasteiger partial charge in [-0.15, -0.1) is 0 Å². The van der Waals surface area contributed by atoms with Gasteiger partial charge in [0, 0.05) is 36.5 Å². The van der Waals surface area contributed by atoms with Crippen molar-refractivity contribution in [3.05, 3.63) is 63.7 Å². The molecular weight excluding hydrogens is 406 g/mol. The number of carbonyl (C=O) groups excluding carboxylic acids is 1. The molecule has 8 nitrogen and oxygen atoms in total. The summed E-state index contributed by atoms with van der Waals surface area (Å²) < 4.78 is 28.0. The van der Waals surface area contributed by atoms with E-state index in [0.29, 0.717) is 18.7 Å². The second-order valence-corrected chi connectivity index (χ2v) is 9.92. The van der Waals surface area contributed by atoms with E-state index in [1.807, 2.05) is 13.8 Å². The summed E-state index contributed by atoms with van der Waals surface area (Å²) in [4.78, 5) is 23.2. The van der Waals surface area contributed by atoms with Crippen LogP contribution in [0.4, 0.5) is 11.4 Å². The van der Waals surface area contributed by atoms with Gasteiger partial charge in [-0.25, -0.2) is 8.42 Å². The summed E-state index contributed by atoms with van der Waals surface area (Å²) in [5.74, 6) is 0.000644. The zero-order valence-corrected chi connectivity index (χ0v) is 18.0. The first-order valence-electron chi connectivity index (χ1n) is 9.74. The van der Waals surface area contributed by atoms with Gasteiger partial charge >= 0.3 is 0 Å². The van der Waals surface area contributed by atoms with Gasteiger partial charge in [0.25, 0.3) is 11.6 Å². The number of nitro benzene ring substituents is 1. The second kappa shape index (κ2) is 8.53. The number of nitro groups is 1. The number of carbonyl (C=O) groups is 1. The highest BCUT2D eigenvalue weighted by atomic mass is 32.2. The molecule has 0 radical (unpaired) electrons. The number of rotatable bonds is 5. The molecule has 1 saturated heterocycles. The van der Waals surface area contributed by atoms with E-state index in [4.69, 9.17) is 0 Å². The van der Waals surface area contributed by atoms with E-state index in [-0.39, 0.29) is 33.7 Å². The Labute approximate surface area is 176 Å². The maximum atomic E-state index is 13.3. The fourth-order valence-electron chi connectivity index (χ4n) is 3.86. The lowest BCUT2D eigenvalue weighted by Gasteiger charge is -2.34. The molecule has 2 aromatic rings. The molecule has 1 fully saturated rings. The molecule has 2 atom stereocenters. The molecule has 1 N–H and O–H groups in total. The molecule has 1 aliphatic heterocycles. The van der Waals surface area contributed by atoms with Crippen molar-refractivity contribution >= 4 is 27.3 Å². The predicted molar refractivity (Wildman–Crippen MR) is 114 cm³/mol. The summed E-state index contributed by atoms with van der Waals surface area (Å²) in [6.07, 6.45) is 0.983. The molecule has 0 aromatic heterocycles. The number of nitrogens with one attached hydrogen (secondary N) is 1. The van der Waals surface area contributed by atoms with Crippen LogP contribution in [0, 0.1) is 28.9 Å². The normalized spacial score (nSPS) is 20.0. The summed E-state index contributed by atoms with van der Waals surface area (Å²) in [5, 5.41) is 13.5. The van der Waals surface area contributed by atoms with E-state index in [9.17, 15) is 23.3 Å².